The minimum atomic E-state index is -0.371. The van der Waals surface area contributed by atoms with Gasteiger partial charge in [0, 0.05) is 31.1 Å². The number of hydrogen-bond acceptors (Lipinski definition) is 5. The molecule has 7 heteroatoms. The van der Waals surface area contributed by atoms with Crippen molar-refractivity contribution in [3.05, 3.63) is 59.6 Å². The smallest absolute Gasteiger partial charge is 0.223 e. The summed E-state index contributed by atoms with van der Waals surface area (Å²) < 4.78 is 20.6. The Bertz CT molecular complexity index is 997. The zero-order valence-corrected chi connectivity index (χ0v) is 15.4. The summed E-state index contributed by atoms with van der Waals surface area (Å²) in [6.07, 6.45) is 9.90. The van der Waals surface area contributed by atoms with Gasteiger partial charge in [-0.2, -0.15) is 4.39 Å². The average molecular weight is 367 g/mol. The molecular formula is C20H22FN5O. The second kappa shape index (κ2) is 7.44. The number of nitrogens with one attached hydrogen (secondary N) is 1. The molecule has 3 heterocycles. The lowest BCUT2D eigenvalue weighted by Crippen LogP contribution is -2.22. The first-order chi connectivity index (χ1) is 13.2. The van der Waals surface area contributed by atoms with Crippen LogP contribution in [0.1, 0.15) is 36.6 Å². The van der Waals surface area contributed by atoms with Crippen LogP contribution in [-0.2, 0) is 11.2 Å². The Hall–Kier alpha value is -2.80. The third-order valence-corrected chi connectivity index (χ3v) is 4.69. The molecule has 1 aliphatic carbocycles. The van der Waals surface area contributed by atoms with Crippen LogP contribution >= 0.6 is 0 Å². The zero-order chi connectivity index (χ0) is 18.8. The monoisotopic (exact) mass is 367 g/mol. The van der Waals surface area contributed by atoms with E-state index in [1.54, 1.807) is 13.3 Å². The Morgan fingerprint density at radius 2 is 2.19 bits per heavy atom. The highest BCUT2D eigenvalue weighted by molar-refractivity contribution is 5.81. The quantitative estimate of drug-likeness (QED) is 0.748. The largest absolute Gasteiger partial charge is 0.383 e. The summed E-state index contributed by atoms with van der Waals surface area (Å²) in [7, 11) is 1.67. The van der Waals surface area contributed by atoms with Crippen LogP contribution in [0, 0.1) is 5.95 Å². The minimum Gasteiger partial charge on any atom is -0.383 e. The first-order valence-corrected chi connectivity index (χ1v) is 9.10. The topological polar surface area (TPSA) is 64.3 Å². The molecule has 3 aromatic heterocycles. The molecule has 140 valence electrons. The Labute approximate surface area is 157 Å². The molecule has 1 N–H and O–H groups in total. The van der Waals surface area contributed by atoms with Crippen molar-refractivity contribution in [1.82, 2.24) is 19.4 Å². The van der Waals surface area contributed by atoms with E-state index >= 15 is 0 Å². The van der Waals surface area contributed by atoms with Crippen molar-refractivity contribution in [1.29, 1.82) is 0 Å². The highest BCUT2D eigenvalue weighted by Gasteiger charge is 2.17. The van der Waals surface area contributed by atoms with Crippen LogP contribution in [0.15, 0.2) is 36.8 Å². The summed E-state index contributed by atoms with van der Waals surface area (Å²) in [5.74, 6) is 0.236. The summed E-state index contributed by atoms with van der Waals surface area (Å²) in [5.41, 5.74) is 4.56. The fourth-order valence-electron chi connectivity index (χ4n) is 3.42. The molecule has 4 rings (SSSR count). The van der Waals surface area contributed by atoms with E-state index < -0.39 is 0 Å². The van der Waals surface area contributed by atoms with Gasteiger partial charge in [-0.05, 0) is 49.5 Å². The van der Waals surface area contributed by atoms with Gasteiger partial charge < -0.3 is 10.1 Å². The van der Waals surface area contributed by atoms with E-state index in [0.29, 0.717) is 18.2 Å². The molecule has 3 aromatic rings. The average Bonchev–Trinajstić information content (AvgIpc) is 2.90. The maximum atomic E-state index is 13.9. The third-order valence-electron chi connectivity index (χ3n) is 4.69. The van der Waals surface area contributed by atoms with Gasteiger partial charge in [0.05, 0.1) is 18.5 Å². The maximum Gasteiger partial charge on any atom is 0.223 e. The number of rotatable bonds is 5. The summed E-state index contributed by atoms with van der Waals surface area (Å²) in [4.78, 5) is 13.3. The van der Waals surface area contributed by atoms with Crippen molar-refractivity contribution in [2.24, 2.45) is 0 Å². The van der Waals surface area contributed by atoms with E-state index in [9.17, 15) is 4.39 Å². The van der Waals surface area contributed by atoms with Crippen molar-refractivity contribution < 1.29 is 9.13 Å². The molecule has 0 radical (unpaired) electrons. The number of allylic oxidation sites excluding steroid dienone is 1. The summed E-state index contributed by atoms with van der Waals surface area (Å²) >= 11 is 0. The maximum absolute atomic E-state index is 13.9. The Morgan fingerprint density at radius 3 is 3.04 bits per heavy atom. The first kappa shape index (κ1) is 17.6. The number of nitrogens with zero attached hydrogens (tertiary/aromatic N) is 4. The summed E-state index contributed by atoms with van der Waals surface area (Å²) in [6, 6.07) is 3.92. The predicted molar refractivity (Wildman–Crippen MR) is 102 cm³/mol. The SMILES string of the molecule is COC[C@H](C)Nc1ncc2c(n1)CCCC=C2c1ccc2ncc(F)n2c1. The van der Waals surface area contributed by atoms with Crippen molar-refractivity contribution in [2.45, 2.75) is 32.2 Å². The van der Waals surface area contributed by atoms with E-state index in [4.69, 9.17) is 9.72 Å². The molecule has 0 bridgehead atoms. The predicted octanol–water partition coefficient (Wildman–Crippen LogP) is 3.48. The lowest BCUT2D eigenvalue weighted by molar-refractivity contribution is 0.190. The molecule has 0 aromatic carbocycles. The number of hydrogen-bond donors (Lipinski definition) is 1. The molecule has 6 nitrogen and oxygen atoms in total. The molecule has 1 aliphatic rings. The van der Waals surface area contributed by atoms with Crippen molar-refractivity contribution in [3.63, 3.8) is 0 Å². The van der Waals surface area contributed by atoms with Crippen molar-refractivity contribution in [2.75, 3.05) is 19.0 Å². The molecule has 0 saturated carbocycles. The number of methoxy groups -OCH3 is 1. The van der Waals surface area contributed by atoms with Gasteiger partial charge >= 0.3 is 0 Å². The number of anilines is 1. The van der Waals surface area contributed by atoms with Crippen LogP contribution in [-0.4, -0.2) is 39.1 Å². The van der Waals surface area contributed by atoms with E-state index in [-0.39, 0.29) is 12.0 Å². The summed E-state index contributed by atoms with van der Waals surface area (Å²) in [6.45, 7) is 2.61. The second-order valence-corrected chi connectivity index (χ2v) is 6.79. The Morgan fingerprint density at radius 1 is 1.30 bits per heavy atom. The fraction of sp³-hybridized carbons (Fsp3) is 0.350. The van der Waals surface area contributed by atoms with Crippen LogP contribution in [0.5, 0.6) is 0 Å². The van der Waals surface area contributed by atoms with Crippen LogP contribution in [0.4, 0.5) is 10.3 Å². The first-order valence-electron chi connectivity index (χ1n) is 9.10. The van der Waals surface area contributed by atoms with Crippen LogP contribution in [0.2, 0.25) is 0 Å². The highest BCUT2D eigenvalue weighted by atomic mass is 19.1. The second-order valence-electron chi connectivity index (χ2n) is 6.79. The number of halogens is 1. The third kappa shape index (κ3) is 3.55. The van der Waals surface area contributed by atoms with Crippen molar-refractivity contribution >= 4 is 17.2 Å². The van der Waals surface area contributed by atoms with Crippen LogP contribution in [0.25, 0.3) is 11.2 Å². The molecule has 0 amide bonds. The minimum absolute atomic E-state index is 0.125. The van der Waals surface area contributed by atoms with Crippen LogP contribution < -0.4 is 5.32 Å². The van der Waals surface area contributed by atoms with Crippen LogP contribution in [0.3, 0.4) is 0 Å². The van der Waals surface area contributed by atoms with Crippen molar-refractivity contribution in [3.8, 4) is 0 Å². The Balaban J connectivity index is 1.70. The molecule has 27 heavy (non-hydrogen) atoms. The molecular weight excluding hydrogens is 345 g/mol. The number of ether oxygens (including phenoxy) is 1. The van der Waals surface area contributed by atoms with Gasteiger partial charge in [0.1, 0.15) is 5.65 Å². The molecule has 1 atom stereocenters. The number of fused-ring (bicyclic) bond motifs is 2. The summed E-state index contributed by atoms with van der Waals surface area (Å²) in [5, 5.41) is 3.27. The Kier molecular flexibility index (Phi) is 4.85. The number of aryl methyl sites for hydroxylation is 1. The molecule has 0 fully saturated rings. The molecule has 0 unspecified atom stereocenters. The van der Waals surface area contributed by atoms with E-state index in [2.05, 4.69) is 21.4 Å². The normalized spacial score (nSPS) is 15.1. The molecule has 0 aliphatic heterocycles. The number of imidazole rings is 1. The van der Waals surface area contributed by atoms with Gasteiger partial charge in [-0.25, -0.2) is 15.0 Å². The standard InChI is InChI=1S/C20H22FN5O/c1-13(12-27-2)24-20-23-9-16-15(5-3-4-6-17(16)25-20)14-7-8-19-22-10-18(21)26(19)11-14/h5,7-11,13H,3-4,6,12H2,1-2H3,(H,23,24,25)/t13-/m0/s1. The highest BCUT2D eigenvalue weighted by Crippen LogP contribution is 2.30. The van der Waals surface area contributed by atoms with Gasteiger partial charge in [-0.3, -0.25) is 4.40 Å². The molecule has 0 saturated heterocycles. The van der Waals surface area contributed by atoms with Gasteiger partial charge in [0.15, 0.2) is 0 Å². The van der Waals surface area contributed by atoms with Gasteiger partial charge in [-0.1, -0.05) is 6.08 Å². The van der Waals surface area contributed by atoms with Gasteiger partial charge in [-0.15, -0.1) is 0 Å². The van der Waals surface area contributed by atoms with Gasteiger partial charge in [0.25, 0.3) is 0 Å². The fourth-order valence-corrected chi connectivity index (χ4v) is 3.42. The lowest BCUT2D eigenvalue weighted by Gasteiger charge is -2.15. The number of pyridine rings is 1. The zero-order valence-electron chi connectivity index (χ0n) is 15.4. The van der Waals surface area contributed by atoms with E-state index in [0.717, 1.165) is 41.7 Å². The van der Waals surface area contributed by atoms with E-state index in [1.165, 1.54) is 10.6 Å². The number of aromatic nitrogens is 4. The lowest BCUT2D eigenvalue weighted by atomic mass is 9.99. The van der Waals surface area contributed by atoms with E-state index in [1.807, 2.05) is 25.3 Å². The van der Waals surface area contributed by atoms with Gasteiger partial charge in [0.2, 0.25) is 11.9 Å². The molecule has 0 spiro atoms.